The van der Waals surface area contributed by atoms with Gasteiger partial charge in [-0.1, -0.05) is 41.9 Å². The van der Waals surface area contributed by atoms with Gasteiger partial charge < -0.3 is 5.11 Å². The summed E-state index contributed by atoms with van der Waals surface area (Å²) in [5.41, 5.74) is 2.17. The van der Waals surface area contributed by atoms with E-state index in [0.717, 1.165) is 10.0 Å². The highest BCUT2D eigenvalue weighted by atomic mass is 79.9. The molecule has 0 saturated heterocycles. The second-order valence-electron chi connectivity index (χ2n) is 3.71. The molecular formula is C11H15BrO. The fourth-order valence-corrected chi connectivity index (χ4v) is 1.96. The van der Waals surface area contributed by atoms with Gasteiger partial charge in [-0.3, -0.25) is 0 Å². The van der Waals surface area contributed by atoms with Crippen LogP contribution in [0.1, 0.15) is 31.1 Å². The molecule has 0 radical (unpaired) electrons. The van der Waals surface area contributed by atoms with Crippen molar-refractivity contribution in [1.82, 2.24) is 0 Å². The third kappa shape index (κ3) is 2.55. The van der Waals surface area contributed by atoms with Crippen LogP contribution in [0.15, 0.2) is 22.7 Å². The Morgan fingerprint density at radius 1 is 1.31 bits per heavy atom. The van der Waals surface area contributed by atoms with Crippen LogP contribution in [0.4, 0.5) is 0 Å². The number of benzene rings is 1. The number of aryl methyl sites for hydroxylation is 1. The molecule has 2 heteroatoms. The summed E-state index contributed by atoms with van der Waals surface area (Å²) in [6.45, 7) is 6.06. The largest absolute Gasteiger partial charge is 0.388 e. The Bertz CT molecular complexity index is 294. The van der Waals surface area contributed by atoms with Crippen LogP contribution in [0, 0.1) is 12.8 Å². The van der Waals surface area contributed by atoms with Gasteiger partial charge in [0.1, 0.15) is 0 Å². The van der Waals surface area contributed by atoms with Crippen LogP contribution < -0.4 is 0 Å². The van der Waals surface area contributed by atoms with E-state index in [0.29, 0.717) is 0 Å². The number of hydrogen-bond acceptors (Lipinski definition) is 1. The highest BCUT2D eigenvalue weighted by molar-refractivity contribution is 9.10. The molecule has 0 spiro atoms. The molecule has 1 aromatic carbocycles. The summed E-state index contributed by atoms with van der Waals surface area (Å²) in [5.74, 6) is 0.249. The number of aliphatic hydroxyl groups is 1. The molecule has 0 aliphatic heterocycles. The highest BCUT2D eigenvalue weighted by Crippen LogP contribution is 2.28. The zero-order valence-corrected chi connectivity index (χ0v) is 9.80. The van der Waals surface area contributed by atoms with Crippen LogP contribution in [-0.2, 0) is 0 Å². The molecule has 0 fully saturated rings. The molecule has 0 aliphatic carbocycles. The van der Waals surface area contributed by atoms with E-state index in [-0.39, 0.29) is 12.0 Å². The summed E-state index contributed by atoms with van der Waals surface area (Å²) < 4.78 is 0.994. The molecule has 72 valence electrons. The average molecular weight is 243 g/mol. The molecule has 1 rings (SSSR count). The van der Waals surface area contributed by atoms with Crippen molar-refractivity contribution in [2.45, 2.75) is 26.9 Å². The lowest BCUT2D eigenvalue weighted by Crippen LogP contribution is -2.06. The second-order valence-corrected chi connectivity index (χ2v) is 4.57. The fourth-order valence-electron chi connectivity index (χ4n) is 1.23. The minimum atomic E-state index is -0.380. The standard InChI is InChI=1S/C11H15BrO/c1-7(2)11(13)9-5-4-8(3)6-10(9)12/h4-7,11,13H,1-3H3/t11-/m0/s1. The molecule has 0 aliphatic rings. The molecule has 0 heterocycles. The summed E-state index contributed by atoms with van der Waals surface area (Å²) in [7, 11) is 0. The Labute approximate surface area is 87.9 Å². The summed E-state index contributed by atoms with van der Waals surface area (Å²) in [4.78, 5) is 0. The molecule has 0 saturated carbocycles. The first-order valence-corrected chi connectivity index (χ1v) is 5.25. The average Bonchev–Trinajstić information content (AvgIpc) is 2.03. The van der Waals surface area contributed by atoms with Crippen molar-refractivity contribution in [3.63, 3.8) is 0 Å². The van der Waals surface area contributed by atoms with Crippen molar-refractivity contribution >= 4 is 15.9 Å². The maximum Gasteiger partial charge on any atom is 0.0823 e. The van der Waals surface area contributed by atoms with Gasteiger partial charge >= 0.3 is 0 Å². The van der Waals surface area contributed by atoms with Crippen LogP contribution >= 0.6 is 15.9 Å². The van der Waals surface area contributed by atoms with Gasteiger partial charge in [0.2, 0.25) is 0 Å². The van der Waals surface area contributed by atoms with Crippen molar-refractivity contribution in [3.05, 3.63) is 33.8 Å². The number of halogens is 1. The maximum atomic E-state index is 9.84. The Kier molecular flexibility index (Phi) is 3.51. The third-order valence-corrected chi connectivity index (χ3v) is 2.79. The van der Waals surface area contributed by atoms with Gasteiger partial charge in [0, 0.05) is 4.47 Å². The van der Waals surface area contributed by atoms with Crippen molar-refractivity contribution in [2.75, 3.05) is 0 Å². The molecule has 1 N–H and O–H groups in total. The van der Waals surface area contributed by atoms with Gasteiger partial charge in [0.05, 0.1) is 6.10 Å². The lowest BCUT2D eigenvalue weighted by atomic mass is 9.98. The molecule has 0 unspecified atom stereocenters. The Morgan fingerprint density at radius 3 is 2.38 bits per heavy atom. The lowest BCUT2D eigenvalue weighted by molar-refractivity contribution is 0.126. The zero-order valence-electron chi connectivity index (χ0n) is 8.21. The number of aliphatic hydroxyl groups excluding tert-OH is 1. The van der Waals surface area contributed by atoms with E-state index in [1.54, 1.807) is 0 Å². The minimum Gasteiger partial charge on any atom is -0.388 e. The molecule has 13 heavy (non-hydrogen) atoms. The highest BCUT2D eigenvalue weighted by Gasteiger charge is 2.14. The first kappa shape index (κ1) is 10.7. The lowest BCUT2D eigenvalue weighted by Gasteiger charge is -2.16. The normalized spacial score (nSPS) is 13.4. The fraction of sp³-hybridized carbons (Fsp3) is 0.455. The smallest absolute Gasteiger partial charge is 0.0823 e. The summed E-state index contributed by atoms with van der Waals surface area (Å²) >= 11 is 3.46. The molecule has 1 aromatic rings. The van der Waals surface area contributed by atoms with Gasteiger partial charge in [0.15, 0.2) is 0 Å². The first-order chi connectivity index (χ1) is 6.02. The molecule has 1 atom stereocenters. The van der Waals surface area contributed by atoms with E-state index in [1.807, 2.05) is 39.0 Å². The summed E-state index contributed by atoms with van der Waals surface area (Å²) in [5, 5.41) is 9.84. The van der Waals surface area contributed by atoms with E-state index < -0.39 is 0 Å². The van der Waals surface area contributed by atoms with Gasteiger partial charge in [0.25, 0.3) is 0 Å². The molecule has 0 bridgehead atoms. The number of hydrogen-bond donors (Lipinski definition) is 1. The minimum absolute atomic E-state index is 0.249. The van der Waals surface area contributed by atoms with Gasteiger partial charge in [-0.25, -0.2) is 0 Å². The maximum absolute atomic E-state index is 9.84. The van der Waals surface area contributed by atoms with E-state index in [1.165, 1.54) is 5.56 Å². The molecule has 0 aromatic heterocycles. The SMILES string of the molecule is Cc1ccc([C@@H](O)C(C)C)c(Br)c1. The second kappa shape index (κ2) is 4.25. The van der Waals surface area contributed by atoms with Crippen molar-refractivity contribution in [1.29, 1.82) is 0 Å². The quantitative estimate of drug-likeness (QED) is 0.843. The molecule has 0 amide bonds. The van der Waals surface area contributed by atoms with Crippen LogP contribution in [0.3, 0.4) is 0 Å². The number of rotatable bonds is 2. The predicted molar refractivity (Wildman–Crippen MR) is 58.7 cm³/mol. The monoisotopic (exact) mass is 242 g/mol. The van der Waals surface area contributed by atoms with E-state index in [2.05, 4.69) is 15.9 Å². The van der Waals surface area contributed by atoms with Gasteiger partial charge in [-0.05, 0) is 30.0 Å². The van der Waals surface area contributed by atoms with Crippen LogP contribution in [0.5, 0.6) is 0 Å². The summed E-state index contributed by atoms with van der Waals surface area (Å²) in [6.07, 6.45) is -0.380. The zero-order chi connectivity index (χ0) is 10.0. The first-order valence-electron chi connectivity index (χ1n) is 4.46. The van der Waals surface area contributed by atoms with E-state index in [9.17, 15) is 5.11 Å². The third-order valence-electron chi connectivity index (χ3n) is 2.11. The van der Waals surface area contributed by atoms with Gasteiger partial charge in [-0.2, -0.15) is 0 Å². The van der Waals surface area contributed by atoms with Gasteiger partial charge in [-0.15, -0.1) is 0 Å². The van der Waals surface area contributed by atoms with Crippen LogP contribution in [-0.4, -0.2) is 5.11 Å². The Balaban J connectivity index is 3.01. The van der Waals surface area contributed by atoms with Crippen LogP contribution in [0.25, 0.3) is 0 Å². The van der Waals surface area contributed by atoms with Crippen molar-refractivity contribution < 1.29 is 5.11 Å². The topological polar surface area (TPSA) is 20.2 Å². The van der Waals surface area contributed by atoms with Crippen LogP contribution in [0.2, 0.25) is 0 Å². The predicted octanol–water partition coefficient (Wildman–Crippen LogP) is 3.45. The Hall–Kier alpha value is -0.340. The van der Waals surface area contributed by atoms with E-state index >= 15 is 0 Å². The molecular weight excluding hydrogens is 228 g/mol. The van der Waals surface area contributed by atoms with E-state index in [4.69, 9.17) is 0 Å². The van der Waals surface area contributed by atoms with Crippen molar-refractivity contribution in [2.24, 2.45) is 5.92 Å². The summed E-state index contributed by atoms with van der Waals surface area (Å²) in [6, 6.07) is 6.02. The molecule has 1 nitrogen and oxygen atoms in total. The Morgan fingerprint density at radius 2 is 1.92 bits per heavy atom. The van der Waals surface area contributed by atoms with Crippen molar-refractivity contribution in [3.8, 4) is 0 Å².